The molecule has 1 aromatic rings. The molecule has 0 aromatic carbocycles. The lowest BCUT2D eigenvalue weighted by atomic mass is 10.0. The topological polar surface area (TPSA) is 81.1 Å². The van der Waals surface area contributed by atoms with Crippen molar-refractivity contribution in [3.8, 4) is 0 Å². The Labute approximate surface area is 87.9 Å². The normalized spacial score (nSPS) is 17.7. The van der Waals surface area contributed by atoms with Gasteiger partial charge in [-0.2, -0.15) is 0 Å². The highest BCUT2D eigenvalue weighted by Gasteiger charge is 2.27. The Balaban J connectivity index is 2.08. The van der Waals surface area contributed by atoms with Crippen LogP contribution in [-0.2, 0) is 11.2 Å². The van der Waals surface area contributed by atoms with E-state index in [4.69, 9.17) is 10.8 Å². The van der Waals surface area contributed by atoms with Gasteiger partial charge in [-0.1, -0.05) is 0 Å². The van der Waals surface area contributed by atoms with Crippen molar-refractivity contribution in [3.63, 3.8) is 0 Å². The summed E-state index contributed by atoms with van der Waals surface area (Å²) in [6, 6.07) is 0.537. The minimum Gasteiger partial charge on any atom is -0.481 e. The van der Waals surface area contributed by atoms with Crippen molar-refractivity contribution in [1.82, 2.24) is 9.55 Å². The van der Waals surface area contributed by atoms with E-state index >= 15 is 0 Å². The lowest BCUT2D eigenvalue weighted by molar-refractivity contribution is -0.141. The summed E-state index contributed by atoms with van der Waals surface area (Å²) in [5.41, 5.74) is 6.40. The van der Waals surface area contributed by atoms with Crippen molar-refractivity contribution in [2.75, 3.05) is 6.54 Å². The molecule has 0 amide bonds. The van der Waals surface area contributed by atoms with E-state index in [9.17, 15) is 4.79 Å². The first kappa shape index (κ1) is 10.2. The van der Waals surface area contributed by atoms with Gasteiger partial charge in [0.1, 0.15) is 0 Å². The molecule has 5 nitrogen and oxygen atoms in total. The maximum Gasteiger partial charge on any atom is 0.308 e. The summed E-state index contributed by atoms with van der Waals surface area (Å²) >= 11 is 0. The molecule has 3 N–H and O–H groups in total. The van der Waals surface area contributed by atoms with Crippen molar-refractivity contribution in [2.45, 2.75) is 25.3 Å². The largest absolute Gasteiger partial charge is 0.481 e. The van der Waals surface area contributed by atoms with Crippen LogP contribution in [0.3, 0.4) is 0 Å². The van der Waals surface area contributed by atoms with Crippen molar-refractivity contribution in [1.29, 1.82) is 0 Å². The quantitative estimate of drug-likeness (QED) is 0.736. The summed E-state index contributed by atoms with van der Waals surface area (Å²) < 4.78 is 2.08. The standard InChI is InChI=1S/C10H15N3O2/c11-4-7(10(14)15)3-9-5-12-6-13(9)8-1-2-8/h5-8H,1-4,11H2,(H,14,15). The van der Waals surface area contributed by atoms with Crippen LogP contribution in [-0.4, -0.2) is 27.2 Å². The average molecular weight is 209 g/mol. The number of rotatable bonds is 5. The average Bonchev–Trinajstić information content (AvgIpc) is 2.95. The highest BCUT2D eigenvalue weighted by Crippen LogP contribution is 2.35. The minimum absolute atomic E-state index is 0.172. The fourth-order valence-electron chi connectivity index (χ4n) is 1.70. The molecule has 1 aliphatic carbocycles. The Morgan fingerprint density at radius 1 is 1.73 bits per heavy atom. The summed E-state index contributed by atoms with van der Waals surface area (Å²) in [7, 11) is 0. The first-order valence-electron chi connectivity index (χ1n) is 5.16. The number of hydrogen-bond acceptors (Lipinski definition) is 3. The molecule has 1 heterocycles. The minimum atomic E-state index is -0.832. The van der Waals surface area contributed by atoms with Crippen LogP contribution >= 0.6 is 0 Å². The molecule has 1 atom stereocenters. The summed E-state index contributed by atoms with van der Waals surface area (Å²) in [5, 5.41) is 8.91. The second-order valence-electron chi connectivity index (χ2n) is 4.00. The Hall–Kier alpha value is -1.36. The zero-order valence-electron chi connectivity index (χ0n) is 8.47. The molecular formula is C10H15N3O2. The zero-order chi connectivity index (χ0) is 10.8. The molecule has 1 saturated carbocycles. The molecular weight excluding hydrogens is 194 g/mol. The maximum absolute atomic E-state index is 10.8. The molecule has 15 heavy (non-hydrogen) atoms. The monoisotopic (exact) mass is 209 g/mol. The van der Waals surface area contributed by atoms with E-state index < -0.39 is 11.9 Å². The van der Waals surface area contributed by atoms with Gasteiger partial charge < -0.3 is 15.4 Å². The Morgan fingerprint density at radius 2 is 2.47 bits per heavy atom. The van der Waals surface area contributed by atoms with Gasteiger partial charge >= 0.3 is 5.97 Å². The predicted molar refractivity (Wildman–Crippen MR) is 54.4 cm³/mol. The number of nitrogens with zero attached hydrogens (tertiary/aromatic N) is 2. The summed E-state index contributed by atoms with van der Waals surface area (Å²) in [6.07, 6.45) is 6.34. The Kier molecular flexibility index (Phi) is 2.73. The third-order valence-electron chi connectivity index (χ3n) is 2.78. The van der Waals surface area contributed by atoms with E-state index in [0.29, 0.717) is 12.5 Å². The van der Waals surface area contributed by atoms with Crippen molar-refractivity contribution >= 4 is 5.97 Å². The van der Waals surface area contributed by atoms with Gasteiger partial charge in [-0.3, -0.25) is 4.79 Å². The highest BCUT2D eigenvalue weighted by atomic mass is 16.4. The van der Waals surface area contributed by atoms with Gasteiger partial charge in [0.25, 0.3) is 0 Å². The molecule has 82 valence electrons. The van der Waals surface area contributed by atoms with E-state index in [2.05, 4.69) is 9.55 Å². The van der Waals surface area contributed by atoms with Crippen LogP contribution in [0.5, 0.6) is 0 Å². The van der Waals surface area contributed by atoms with E-state index in [-0.39, 0.29) is 6.54 Å². The molecule has 1 aromatic heterocycles. The molecule has 0 aliphatic heterocycles. The molecule has 0 bridgehead atoms. The maximum atomic E-state index is 10.8. The lowest BCUT2D eigenvalue weighted by Crippen LogP contribution is -2.26. The number of carboxylic acids is 1. The molecule has 1 aliphatic rings. The van der Waals surface area contributed by atoms with E-state index in [1.54, 1.807) is 12.5 Å². The van der Waals surface area contributed by atoms with Gasteiger partial charge in [0.05, 0.1) is 12.2 Å². The number of hydrogen-bond donors (Lipinski definition) is 2. The number of nitrogens with two attached hydrogens (primary N) is 1. The number of aliphatic carboxylic acids is 1. The molecule has 0 spiro atoms. The lowest BCUT2D eigenvalue weighted by Gasteiger charge is -2.11. The smallest absolute Gasteiger partial charge is 0.308 e. The zero-order valence-corrected chi connectivity index (χ0v) is 8.47. The van der Waals surface area contributed by atoms with Gasteiger partial charge in [-0.15, -0.1) is 0 Å². The van der Waals surface area contributed by atoms with Gasteiger partial charge in [0.15, 0.2) is 0 Å². The Morgan fingerprint density at radius 3 is 3.00 bits per heavy atom. The predicted octanol–water partition coefficient (Wildman–Crippen LogP) is 0.420. The van der Waals surface area contributed by atoms with Gasteiger partial charge in [0.2, 0.25) is 0 Å². The number of imidazole rings is 1. The summed E-state index contributed by atoms with van der Waals surface area (Å²) in [5.74, 6) is -1.33. The van der Waals surface area contributed by atoms with Gasteiger partial charge in [0, 0.05) is 30.9 Å². The first-order chi connectivity index (χ1) is 7.22. The third kappa shape index (κ3) is 2.18. The Bertz CT molecular complexity index is 357. The van der Waals surface area contributed by atoms with Crippen LogP contribution in [0.1, 0.15) is 24.6 Å². The van der Waals surface area contributed by atoms with Gasteiger partial charge in [-0.05, 0) is 12.8 Å². The molecule has 5 heteroatoms. The summed E-state index contributed by atoms with van der Waals surface area (Å²) in [4.78, 5) is 14.9. The van der Waals surface area contributed by atoms with Crippen LogP contribution in [0.2, 0.25) is 0 Å². The van der Waals surface area contributed by atoms with Crippen molar-refractivity contribution in [3.05, 3.63) is 18.2 Å². The molecule has 0 saturated heterocycles. The fraction of sp³-hybridized carbons (Fsp3) is 0.600. The summed E-state index contributed by atoms with van der Waals surface area (Å²) in [6.45, 7) is 0.172. The van der Waals surface area contributed by atoms with Gasteiger partial charge in [-0.25, -0.2) is 4.98 Å². The van der Waals surface area contributed by atoms with Crippen LogP contribution in [0.15, 0.2) is 12.5 Å². The molecule has 0 radical (unpaired) electrons. The van der Waals surface area contributed by atoms with E-state index in [0.717, 1.165) is 5.69 Å². The molecule has 2 rings (SSSR count). The first-order valence-corrected chi connectivity index (χ1v) is 5.16. The number of carbonyl (C=O) groups is 1. The SMILES string of the molecule is NCC(Cc1cncn1C1CC1)C(=O)O. The van der Waals surface area contributed by atoms with E-state index in [1.165, 1.54) is 12.8 Å². The fourth-order valence-corrected chi connectivity index (χ4v) is 1.70. The molecule has 1 unspecified atom stereocenters. The molecule has 1 fully saturated rings. The van der Waals surface area contributed by atoms with Crippen molar-refractivity contribution in [2.24, 2.45) is 11.7 Å². The van der Waals surface area contributed by atoms with Crippen LogP contribution in [0, 0.1) is 5.92 Å². The van der Waals surface area contributed by atoms with Crippen molar-refractivity contribution < 1.29 is 9.90 Å². The van der Waals surface area contributed by atoms with Crippen LogP contribution in [0.4, 0.5) is 0 Å². The van der Waals surface area contributed by atoms with Crippen LogP contribution < -0.4 is 5.73 Å². The second-order valence-corrected chi connectivity index (χ2v) is 4.00. The number of carboxylic acid groups (broad SMARTS) is 1. The second kappa shape index (κ2) is 4.02. The highest BCUT2D eigenvalue weighted by molar-refractivity contribution is 5.70. The third-order valence-corrected chi connectivity index (χ3v) is 2.78. The number of aromatic nitrogens is 2. The van der Waals surface area contributed by atoms with Crippen LogP contribution in [0.25, 0.3) is 0 Å². The van der Waals surface area contributed by atoms with E-state index in [1.807, 2.05) is 0 Å².